The third-order valence-electron chi connectivity index (χ3n) is 6.51. The van der Waals surface area contributed by atoms with Crippen molar-refractivity contribution in [3.05, 3.63) is 0 Å². The fourth-order valence-corrected chi connectivity index (χ4v) is 3.82. The van der Waals surface area contributed by atoms with Crippen LogP contribution in [-0.2, 0) is 28.8 Å². The monoisotopic (exact) mass is 589 g/mol. The molecular formula is C25H47N7O7S. The molecule has 0 aromatic rings. The molecular weight excluding hydrogens is 542 g/mol. The first kappa shape index (κ1) is 37.1. The van der Waals surface area contributed by atoms with E-state index in [-0.39, 0.29) is 36.9 Å². The minimum absolute atomic E-state index is 0.108. The van der Waals surface area contributed by atoms with Crippen LogP contribution in [-0.4, -0.2) is 83.1 Å². The van der Waals surface area contributed by atoms with Gasteiger partial charge in [-0.15, -0.1) is 0 Å². The summed E-state index contributed by atoms with van der Waals surface area (Å²) in [5.74, 6) is -5.43. The zero-order valence-electron chi connectivity index (χ0n) is 23.8. The summed E-state index contributed by atoms with van der Waals surface area (Å²) in [5.41, 5.74) is 16.6. The van der Waals surface area contributed by atoms with Gasteiger partial charge in [0.2, 0.25) is 29.5 Å². The zero-order valence-corrected chi connectivity index (χ0v) is 24.7. The molecule has 6 unspecified atom stereocenters. The highest BCUT2D eigenvalue weighted by Gasteiger charge is 2.32. The molecule has 0 rings (SSSR count). The lowest BCUT2D eigenvalue weighted by atomic mass is 9.98. The standard InChI is InChI=1S/C25H47N7O7S/c1-5-14(4)20(25(38)39)32-22(35)15(8-6-7-11-26)29-21(34)16(9-10-18(27)33)30-23(36)17(12-40)31-24(37)19(28)13(2)3/h13-17,19-20,40H,5-12,26,28H2,1-4H3,(H2,27,33)(H,29,34)(H,30,36)(H,31,37)(H,32,35)(H,38,39). The number of primary amides is 1. The number of unbranched alkanes of at least 4 members (excludes halogenated alkanes) is 1. The van der Waals surface area contributed by atoms with E-state index in [2.05, 4.69) is 33.9 Å². The van der Waals surface area contributed by atoms with Crippen LogP contribution in [0.5, 0.6) is 0 Å². The molecule has 0 aliphatic carbocycles. The largest absolute Gasteiger partial charge is 0.480 e. The van der Waals surface area contributed by atoms with Crippen molar-refractivity contribution in [3.63, 3.8) is 0 Å². The summed E-state index contributed by atoms with van der Waals surface area (Å²) in [4.78, 5) is 74.8. The van der Waals surface area contributed by atoms with Gasteiger partial charge < -0.3 is 43.6 Å². The number of carboxylic acids is 1. The molecule has 6 atom stereocenters. The SMILES string of the molecule is CCC(C)C(NC(=O)C(CCCCN)NC(=O)C(CCC(N)=O)NC(=O)C(CS)NC(=O)C(N)C(C)C)C(=O)O. The molecule has 230 valence electrons. The number of hydrogen-bond acceptors (Lipinski definition) is 9. The molecule has 0 spiro atoms. The van der Waals surface area contributed by atoms with Gasteiger partial charge in [0.15, 0.2) is 0 Å². The molecule has 0 fully saturated rings. The molecule has 5 amide bonds. The van der Waals surface area contributed by atoms with Crippen LogP contribution < -0.4 is 38.5 Å². The predicted octanol–water partition coefficient (Wildman–Crippen LogP) is -1.64. The highest BCUT2D eigenvalue weighted by atomic mass is 32.1. The topological polar surface area (TPSA) is 249 Å². The van der Waals surface area contributed by atoms with E-state index in [0.29, 0.717) is 25.8 Å². The Morgan fingerprint density at radius 2 is 1.30 bits per heavy atom. The summed E-state index contributed by atoms with van der Waals surface area (Å²) >= 11 is 4.11. The lowest BCUT2D eigenvalue weighted by molar-refractivity contribution is -0.144. The maximum absolute atomic E-state index is 13.3. The molecule has 0 saturated heterocycles. The minimum Gasteiger partial charge on any atom is -0.480 e. The number of nitrogens with two attached hydrogens (primary N) is 3. The molecule has 0 aliphatic rings. The second kappa shape index (κ2) is 19.2. The number of carboxylic acid groups (broad SMARTS) is 1. The van der Waals surface area contributed by atoms with E-state index in [9.17, 15) is 33.9 Å². The molecule has 0 aromatic heterocycles. The fraction of sp³-hybridized carbons (Fsp3) is 0.760. The Balaban J connectivity index is 5.82. The van der Waals surface area contributed by atoms with Gasteiger partial charge in [-0.05, 0) is 44.1 Å². The van der Waals surface area contributed by atoms with Crippen LogP contribution in [0.2, 0.25) is 0 Å². The van der Waals surface area contributed by atoms with Gasteiger partial charge >= 0.3 is 5.97 Å². The van der Waals surface area contributed by atoms with E-state index < -0.39 is 65.7 Å². The Hall–Kier alpha value is -2.91. The molecule has 0 saturated carbocycles. The highest BCUT2D eigenvalue weighted by Crippen LogP contribution is 2.10. The normalized spacial score (nSPS) is 15.6. The number of amides is 5. The number of thiol groups is 1. The lowest BCUT2D eigenvalue weighted by Crippen LogP contribution is -2.59. The van der Waals surface area contributed by atoms with Crippen LogP contribution >= 0.6 is 12.6 Å². The van der Waals surface area contributed by atoms with E-state index in [4.69, 9.17) is 17.2 Å². The summed E-state index contributed by atoms with van der Waals surface area (Å²) in [7, 11) is 0. The first-order valence-corrected chi connectivity index (χ1v) is 14.1. The van der Waals surface area contributed by atoms with E-state index in [0.717, 1.165) is 0 Å². The molecule has 15 heteroatoms. The number of aliphatic carboxylic acids is 1. The summed E-state index contributed by atoms with van der Waals surface area (Å²) in [6.45, 7) is 7.30. The van der Waals surface area contributed by atoms with Gasteiger partial charge in [0, 0.05) is 12.2 Å². The fourth-order valence-electron chi connectivity index (χ4n) is 3.56. The van der Waals surface area contributed by atoms with Crippen molar-refractivity contribution in [1.82, 2.24) is 21.3 Å². The Labute approximate surface area is 241 Å². The Kier molecular flexibility index (Phi) is 17.8. The van der Waals surface area contributed by atoms with Gasteiger partial charge in [-0.2, -0.15) is 12.6 Å². The van der Waals surface area contributed by atoms with Gasteiger partial charge in [0.25, 0.3) is 0 Å². The smallest absolute Gasteiger partial charge is 0.326 e. The molecule has 0 heterocycles. The predicted molar refractivity (Wildman–Crippen MR) is 153 cm³/mol. The number of nitrogens with one attached hydrogen (secondary N) is 4. The van der Waals surface area contributed by atoms with Crippen LogP contribution in [0.4, 0.5) is 0 Å². The number of carbonyl (C=O) groups is 6. The van der Waals surface area contributed by atoms with Crippen molar-refractivity contribution in [1.29, 1.82) is 0 Å². The van der Waals surface area contributed by atoms with Crippen molar-refractivity contribution in [3.8, 4) is 0 Å². The van der Waals surface area contributed by atoms with Gasteiger partial charge in [-0.25, -0.2) is 4.79 Å². The summed E-state index contributed by atoms with van der Waals surface area (Å²) < 4.78 is 0. The van der Waals surface area contributed by atoms with Gasteiger partial charge in [-0.3, -0.25) is 24.0 Å². The van der Waals surface area contributed by atoms with Crippen LogP contribution in [0.25, 0.3) is 0 Å². The maximum Gasteiger partial charge on any atom is 0.326 e. The van der Waals surface area contributed by atoms with E-state index in [1.54, 1.807) is 27.7 Å². The van der Waals surface area contributed by atoms with Crippen molar-refractivity contribution >= 4 is 48.1 Å². The average molecular weight is 590 g/mol. The number of rotatable bonds is 20. The van der Waals surface area contributed by atoms with E-state index >= 15 is 0 Å². The summed E-state index contributed by atoms with van der Waals surface area (Å²) in [6.07, 6.45) is 1.21. The molecule has 0 aromatic carbocycles. The average Bonchev–Trinajstić information content (AvgIpc) is 2.90. The first-order chi connectivity index (χ1) is 18.7. The first-order valence-electron chi connectivity index (χ1n) is 13.5. The lowest BCUT2D eigenvalue weighted by Gasteiger charge is -2.27. The van der Waals surface area contributed by atoms with Crippen LogP contribution in [0.3, 0.4) is 0 Å². The van der Waals surface area contributed by atoms with Gasteiger partial charge in [0.1, 0.15) is 24.2 Å². The Bertz CT molecular complexity index is 874. The summed E-state index contributed by atoms with van der Waals surface area (Å²) in [5, 5.41) is 19.6. The van der Waals surface area contributed by atoms with Crippen molar-refractivity contribution in [2.24, 2.45) is 29.0 Å². The molecule has 0 bridgehead atoms. The van der Waals surface area contributed by atoms with Crippen LogP contribution in [0, 0.1) is 11.8 Å². The molecule has 40 heavy (non-hydrogen) atoms. The second-order valence-corrected chi connectivity index (χ2v) is 10.5. The zero-order chi connectivity index (χ0) is 31.0. The molecule has 14 nitrogen and oxygen atoms in total. The third kappa shape index (κ3) is 13.4. The third-order valence-corrected chi connectivity index (χ3v) is 6.87. The molecule has 11 N–H and O–H groups in total. The highest BCUT2D eigenvalue weighted by molar-refractivity contribution is 7.80. The van der Waals surface area contributed by atoms with E-state index in [1.165, 1.54) is 0 Å². The molecule has 0 aliphatic heterocycles. The van der Waals surface area contributed by atoms with Crippen molar-refractivity contribution in [2.75, 3.05) is 12.3 Å². The Morgan fingerprint density at radius 1 is 0.800 bits per heavy atom. The van der Waals surface area contributed by atoms with Crippen LogP contribution in [0.15, 0.2) is 0 Å². The van der Waals surface area contributed by atoms with Crippen molar-refractivity contribution in [2.45, 2.75) is 96.4 Å². The Morgan fingerprint density at radius 3 is 1.75 bits per heavy atom. The summed E-state index contributed by atoms with van der Waals surface area (Å²) in [6, 6.07) is -5.62. The van der Waals surface area contributed by atoms with Gasteiger partial charge in [-0.1, -0.05) is 34.1 Å². The van der Waals surface area contributed by atoms with Crippen molar-refractivity contribution < 1.29 is 33.9 Å². The molecule has 0 radical (unpaired) electrons. The minimum atomic E-state index is -1.30. The maximum atomic E-state index is 13.3. The second-order valence-electron chi connectivity index (χ2n) is 10.1. The van der Waals surface area contributed by atoms with Gasteiger partial charge in [0.05, 0.1) is 6.04 Å². The number of carbonyl (C=O) groups excluding carboxylic acids is 5. The van der Waals surface area contributed by atoms with Crippen LogP contribution in [0.1, 0.15) is 66.2 Å². The van der Waals surface area contributed by atoms with E-state index in [1.807, 2.05) is 0 Å². The quantitative estimate of drug-likeness (QED) is 0.0583. The number of hydrogen-bond donors (Lipinski definition) is 9.